The molecular weight excluding hydrogens is 236 g/mol. The van der Waals surface area contributed by atoms with Gasteiger partial charge in [-0.1, -0.05) is 20.1 Å². The van der Waals surface area contributed by atoms with Crippen LogP contribution in [0.1, 0.15) is 26.7 Å². The first-order valence-corrected chi connectivity index (χ1v) is 7.39. The van der Waals surface area contributed by atoms with Crippen molar-refractivity contribution in [3.05, 3.63) is 25.0 Å². The normalized spacial score (nSPS) is 9.53. The van der Waals surface area contributed by atoms with Gasteiger partial charge < -0.3 is 14.3 Å². The molecule has 0 aliphatic carbocycles. The van der Waals surface area contributed by atoms with E-state index in [1.165, 1.54) is 6.08 Å². The van der Waals surface area contributed by atoms with Crippen molar-refractivity contribution in [1.29, 1.82) is 0 Å². The van der Waals surface area contributed by atoms with E-state index in [1.807, 2.05) is 13.8 Å². The monoisotopic (exact) mass is 260 g/mol. The Morgan fingerprint density at radius 2 is 2.06 bits per heavy atom. The lowest BCUT2D eigenvalue weighted by molar-refractivity contribution is -0.137. The highest BCUT2D eigenvalue weighted by Gasteiger charge is 1.94. The molecule has 0 fully saturated rings. The lowest BCUT2D eigenvalue weighted by atomic mass is 10.4. The average molecular weight is 260 g/mol. The SMILES string of the molecule is C=C(O)CC.C=CC(=O)OCCC[SiH2]OCC. The maximum absolute atomic E-state index is 10.5. The van der Waals surface area contributed by atoms with Crippen LogP contribution in [0.4, 0.5) is 0 Å². The van der Waals surface area contributed by atoms with Gasteiger partial charge in [0, 0.05) is 19.1 Å². The Labute approximate surface area is 106 Å². The summed E-state index contributed by atoms with van der Waals surface area (Å²) in [5, 5.41) is 8.17. The van der Waals surface area contributed by atoms with Gasteiger partial charge in [-0.2, -0.15) is 0 Å². The second-order valence-electron chi connectivity index (χ2n) is 3.20. The van der Waals surface area contributed by atoms with Gasteiger partial charge in [0.1, 0.15) is 0 Å². The molecule has 17 heavy (non-hydrogen) atoms. The molecule has 0 aromatic rings. The summed E-state index contributed by atoms with van der Waals surface area (Å²) < 4.78 is 10.0. The Balaban J connectivity index is 0. The second kappa shape index (κ2) is 14.9. The molecule has 0 radical (unpaired) electrons. The Bertz CT molecular complexity index is 217. The summed E-state index contributed by atoms with van der Waals surface area (Å²) in [5.74, 6) is -0.0851. The predicted octanol–water partition coefficient (Wildman–Crippen LogP) is 2.11. The summed E-state index contributed by atoms with van der Waals surface area (Å²) in [4.78, 5) is 10.5. The van der Waals surface area contributed by atoms with E-state index < -0.39 is 0 Å². The third-order valence-corrected chi connectivity index (χ3v) is 3.19. The average Bonchev–Trinajstić information content (AvgIpc) is 2.33. The zero-order valence-electron chi connectivity index (χ0n) is 10.9. The number of rotatable bonds is 8. The van der Waals surface area contributed by atoms with Crippen LogP contribution in [0.5, 0.6) is 0 Å². The van der Waals surface area contributed by atoms with Crippen LogP contribution in [0, 0.1) is 0 Å². The van der Waals surface area contributed by atoms with Crippen LogP contribution < -0.4 is 0 Å². The molecule has 0 atom stereocenters. The Hall–Kier alpha value is -1.07. The van der Waals surface area contributed by atoms with Gasteiger partial charge in [-0.15, -0.1) is 0 Å². The number of hydrogen-bond acceptors (Lipinski definition) is 4. The van der Waals surface area contributed by atoms with Crippen molar-refractivity contribution < 1.29 is 19.1 Å². The van der Waals surface area contributed by atoms with Crippen molar-refractivity contribution in [3.63, 3.8) is 0 Å². The van der Waals surface area contributed by atoms with E-state index in [-0.39, 0.29) is 21.5 Å². The molecule has 0 spiro atoms. The number of allylic oxidation sites excluding steroid dienone is 1. The van der Waals surface area contributed by atoms with Gasteiger partial charge in [0.15, 0.2) is 9.76 Å². The molecule has 0 heterocycles. The number of esters is 1. The van der Waals surface area contributed by atoms with Crippen molar-refractivity contribution in [1.82, 2.24) is 0 Å². The van der Waals surface area contributed by atoms with Crippen LogP contribution in [0.15, 0.2) is 25.0 Å². The van der Waals surface area contributed by atoms with E-state index in [1.54, 1.807) is 0 Å². The van der Waals surface area contributed by atoms with Gasteiger partial charge in [-0.25, -0.2) is 4.79 Å². The molecule has 5 heteroatoms. The quantitative estimate of drug-likeness (QED) is 0.239. The van der Waals surface area contributed by atoms with E-state index in [0.29, 0.717) is 13.0 Å². The largest absolute Gasteiger partial charge is 0.513 e. The number of carbonyl (C=O) groups excluding carboxylic acids is 1. The van der Waals surface area contributed by atoms with Gasteiger partial charge in [-0.05, 0) is 19.4 Å². The number of hydrogen-bond donors (Lipinski definition) is 1. The summed E-state index contributed by atoms with van der Waals surface area (Å²) in [6.07, 6.45) is 2.76. The van der Waals surface area contributed by atoms with Crippen molar-refractivity contribution in [2.75, 3.05) is 13.2 Å². The molecule has 0 saturated heterocycles. The van der Waals surface area contributed by atoms with E-state index in [9.17, 15) is 4.79 Å². The zero-order chi connectivity index (χ0) is 13.5. The predicted molar refractivity (Wildman–Crippen MR) is 72.8 cm³/mol. The standard InChI is InChI=1S/C8H16O3Si.C4H8O/c1-3-8(9)10-6-5-7-12-11-4-2;1-3-4(2)5/h3H,1,4-7,12H2,2H3;5H,2-3H2,1H3. The topological polar surface area (TPSA) is 55.8 Å². The minimum absolute atomic E-state index is 0.255. The van der Waals surface area contributed by atoms with Crippen LogP contribution in [-0.2, 0) is 14.0 Å². The number of carbonyl (C=O) groups is 1. The molecule has 0 unspecified atom stereocenters. The van der Waals surface area contributed by atoms with Crippen LogP contribution in [0.2, 0.25) is 6.04 Å². The van der Waals surface area contributed by atoms with E-state index in [2.05, 4.69) is 13.2 Å². The van der Waals surface area contributed by atoms with Gasteiger partial charge in [-0.3, -0.25) is 0 Å². The second-order valence-corrected chi connectivity index (χ2v) is 4.72. The van der Waals surface area contributed by atoms with Crippen molar-refractivity contribution in [3.8, 4) is 0 Å². The molecule has 0 aliphatic heterocycles. The maximum atomic E-state index is 10.5. The third kappa shape index (κ3) is 20.9. The molecule has 0 amide bonds. The molecule has 0 aromatic carbocycles. The van der Waals surface area contributed by atoms with Crippen LogP contribution in [0.25, 0.3) is 0 Å². The van der Waals surface area contributed by atoms with Gasteiger partial charge in [0.05, 0.1) is 12.4 Å². The van der Waals surface area contributed by atoms with Crippen LogP contribution in [0.3, 0.4) is 0 Å². The van der Waals surface area contributed by atoms with Gasteiger partial charge in [0.25, 0.3) is 0 Å². The van der Waals surface area contributed by atoms with Crippen molar-refractivity contribution in [2.45, 2.75) is 32.7 Å². The Morgan fingerprint density at radius 3 is 2.47 bits per heavy atom. The Kier molecular flexibility index (Phi) is 16.1. The molecule has 0 aliphatic rings. The first kappa shape index (κ1) is 18.3. The molecule has 0 bridgehead atoms. The molecule has 4 nitrogen and oxygen atoms in total. The first-order chi connectivity index (χ1) is 8.08. The maximum Gasteiger partial charge on any atom is 0.330 e. The number of aliphatic hydroxyl groups is 1. The molecule has 0 rings (SSSR count). The minimum atomic E-state index is -0.357. The fourth-order valence-electron chi connectivity index (χ4n) is 0.682. The highest BCUT2D eigenvalue weighted by molar-refractivity contribution is 6.26. The van der Waals surface area contributed by atoms with E-state index >= 15 is 0 Å². The first-order valence-electron chi connectivity index (χ1n) is 5.82. The number of ether oxygens (including phenoxy) is 1. The highest BCUT2D eigenvalue weighted by Crippen LogP contribution is 1.91. The summed E-state index contributed by atoms with van der Waals surface area (Å²) >= 11 is 0. The van der Waals surface area contributed by atoms with Gasteiger partial charge in [0.2, 0.25) is 0 Å². The minimum Gasteiger partial charge on any atom is -0.513 e. The summed E-state index contributed by atoms with van der Waals surface area (Å²) in [6, 6.07) is 1.07. The van der Waals surface area contributed by atoms with E-state index in [0.717, 1.165) is 19.1 Å². The van der Waals surface area contributed by atoms with E-state index in [4.69, 9.17) is 14.3 Å². The summed E-state index contributed by atoms with van der Waals surface area (Å²) in [5.41, 5.74) is 0. The molecule has 0 saturated carbocycles. The molecule has 100 valence electrons. The highest BCUT2D eigenvalue weighted by atomic mass is 28.2. The third-order valence-electron chi connectivity index (χ3n) is 1.71. The van der Waals surface area contributed by atoms with Gasteiger partial charge >= 0.3 is 5.97 Å². The van der Waals surface area contributed by atoms with Crippen LogP contribution in [-0.4, -0.2) is 34.1 Å². The lowest BCUT2D eigenvalue weighted by Gasteiger charge is -2.01. The molecule has 0 aromatic heterocycles. The van der Waals surface area contributed by atoms with Crippen molar-refractivity contribution in [2.24, 2.45) is 0 Å². The molecule has 1 N–H and O–H groups in total. The Morgan fingerprint density at radius 1 is 1.47 bits per heavy atom. The number of aliphatic hydroxyl groups excluding tert-OH is 1. The zero-order valence-corrected chi connectivity index (χ0v) is 12.3. The smallest absolute Gasteiger partial charge is 0.330 e. The van der Waals surface area contributed by atoms with Crippen LogP contribution >= 0.6 is 0 Å². The van der Waals surface area contributed by atoms with Crippen molar-refractivity contribution >= 4 is 15.7 Å². The fourth-order valence-corrected chi connectivity index (χ4v) is 1.58. The lowest BCUT2D eigenvalue weighted by Crippen LogP contribution is -2.04. The molecular formula is C12H24O4Si. The summed E-state index contributed by atoms with van der Waals surface area (Å²) in [6.45, 7) is 11.7. The fraction of sp³-hybridized carbons (Fsp3) is 0.583. The summed E-state index contributed by atoms with van der Waals surface area (Å²) in [7, 11) is -0.357.